The van der Waals surface area contributed by atoms with Crippen LogP contribution < -0.4 is 5.32 Å². The lowest BCUT2D eigenvalue weighted by atomic mass is 10.4. The molecular formula is C10H15N3O4S2. The van der Waals surface area contributed by atoms with Crippen LogP contribution in [0.15, 0.2) is 12.7 Å². The first kappa shape index (κ1) is 15.7. The van der Waals surface area contributed by atoms with E-state index in [0.29, 0.717) is 5.01 Å². The minimum Gasteiger partial charge on any atom is -0.377 e. The molecule has 0 aliphatic carbocycles. The topological polar surface area (TPSA) is 98.2 Å². The Morgan fingerprint density at radius 2 is 2.26 bits per heavy atom. The van der Waals surface area contributed by atoms with Crippen LogP contribution in [0.25, 0.3) is 0 Å². The third kappa shape index (κ3) is 4.37. The summed E-state index contributed by atoms with van der Waals surface area (Å²) in [6.07, 6.45) is 1.25. The van der Waals surface area contributed by atoms with E-state index >= 15 is 0 Å². The lowest BCUT2D eigenvalue weighted by Crippen LogP contribution is -2.33. The van der Waals surface area contributed by atoms with Crippen molar-refractivity contribution in [2.75, 3.05) is 18.2 Å². The largest absolute Gasteiger partial charge is 0.377 e. The lowest BCUT2D eigenvalue weighted by molar-refractivity contribution is -0.115. The molecule has 0 radical (unpaired) electrons. The second-order valence-electron chi connectivity index (χ2n) is 3.68. The van der Waals surface area contributed by atoms with Crippen LogP contribution in [0.1, 0.15) is 11.9 Å². The highest BCUT2D eigenvalue weighted by atomic mass is 32.2. The maximum absolute atomic E-state index is 11.8. The number of amides is 1. The van der Waals surface area contributed by atoms with Gasteiger partial charge in [-0.25, -0.2) is 8.42 Å². The van der Waals surface area contributed by atoms with Crippen LogP contribution in [0.3, 0.4) is 0 Å². The molecule has 0 fully saturated rings. The van der Waals surface area contributed by atoms with Gasteiger partial charge in [-0.3, -0.25) is 10.1 Å². The van der Waals surface area contributed by atoms with E-state index in [1.54, 1.807) is 0 Å². The highest BCUT2D eigenvalue weighted by Gasteiger charge is 2.27. The van der Waals surface area contributed by atoms with Crippen LogP contribution in [0.5, 0.6) is 0 Å². The van der Waals surface area contributed by atoms with Crippen LogP contribution in [0.4, 0.5) is 5.13 Å². The second-order valence-corrected chi connectivity index (χ2v) is 7.11. The van der Waals surface area contributed by atoms with Crippen LogP contribution in [-0.4, -0.2) is 42.6 Å². The Bertz CT molecular complexity index is 553. The maximum Gasteiger partial charge on any atom is 0.244 e. The molecule has 1 rings (SSSR count). The Morgan fingerprint density at radius 1 is 1.58 bits per heavy atom. The third-order valence-corrected chi connectivity index (χ3v) is 5.03. The number of methoxy groups -OCH3 is 1. The van der Waals surface area contributed by atoms with Crippen molar-refractivity contribution in [2.45, 2.75) is 18.8 Å². The van der Waals surface area contributed by atoms with Gasteiger partial charge in [-0.15, -0.1) is 16.8 Å². The Balaban J connectivity index is 2.70. The fourth-order valence-electron chi connectivity index (χ4n) is 1.16. The van der Waals surface area contributed by atoms with Gasteiger partial charge in [-0.05, 0) is 6.92 Å². The summed E-state index contributed by atoms with van der Waals surface area (Å²) in [5, 5.41) is 9.61. The quantitative estimate of drug-likeness (QED) is 0.741. The van der Waals surface area contributed by atoms with E-state index in [1.807, 2.05) is 0 Å². The molecular weight excluding hydrogens is 290 g/mol. The summed E-state index contributed by atoms with van der Waals surface area (Å²) < 4.78 is 28.2. The number of hydrogen-bond donors (Lipinski definition) is 1. The number of nitrogens with zero attached hydrogens (tertiary/aromatic N) is 2. The highest BCUT2D eigenvalue weighted by Crippen LogP contribution is 2.16. The number of nitrogens with one attached hydrogen (secondary N) is 1. The molecule has 1 aromatic rings. The van der Waals surface area contributed by atoms with Crippen molar-refractivity contribution in [3.8, 4) is 0 Å². The normalized spacial score (nSPS) is 12.9. The van der Waals surface area contributed by atoms with Crippen molar-refractivity contribution in [1.29, 1.82) is 0 Å². The molecule has 1 aromatic heterocycles. The molecule has 0 spiro atoms. The predicted octanol–water partition coefficient (Wildman–Crippen LogP) is 0.612. The summed E-state index contributed by atoms with van der Waals surface area (Å²) in [4.78, 5) is 11.8. The number of sulfone groups is 1. The number of carbonyl (C=O) groups excluding carboxylic acids is 1. The number of aromatic nitrogens is 2. The van der Waals surface area contributed by atoms with E-state index in [2.05, 4.69) is 22.1 Å². The van der Waals surface area contributed by atoms with E-state index in [9.17, 15) is 13.2 Å². The lowest BCUT2D eigenvalue weighted by Gasteiger charge is -2.09. The van der Waals surface area contributed by atoms with Gasteiger partial charge in [0.15, 0.2) is 9.84 Å². The highest BCUT2D eigenvalue weighted by molar-refractivity contribution is 7.92. The van der Waals surface area contributed by atoms with Crippen molar-refractivity contribution in [2.24, 2.45) is 0 Å². The van der Waals surface area contributed by atoms with Crippen molar-refractivity contribution in [1.82, 2.24) is 10.2 Å². The molecule has 1 amide bonds. The zero-order valence-corrected chi connectivity index (χ0v) is 12.3. The molecule has 1 atom stereocenters. The van der Waals surface area contributed by atoms with Crippen molar-refractivity contribution in [3.63, 3.8) is 0 Å². The number of ether oxygens (including phenoxy) is 1. The van der Waals surface area contributed by atoms with Crippen LogP contribution in [0.2, 0.25) is 0 Å². The third-order valence-electron chi connectivity index (χ3n) is 2.22. The molecule has 7 nitrogen and oxygen atoms in total. The first-order chi connectivity index (χ1) is 8.90. The fraction of sp³-hybridized carbons (Fsp3) is 0.500. The Labute approximate surface area is 115 Å². The second kappa shape index (κ2) is 6.73. The Morgan fingerprint density at radius 3 is 2.84 bits per heavy atom. The van der Waals surface area contributed by atoms with Crippen molar-refractivity contribution in [3.05, 3.63) is 17.7 Å². The molecule has 0 saturated heterocycles. The smallest absolute Gasteiger partial charge is 0.244 e. The van der Waals surface area contributed by atoms with Gasteiger partial charge in [0.1, 0.15) is 16.9 Å². The van der Waals surface area contributed by atoms with Crippen LogP contribution in [-0.2, 0) is 26.0 Å². The Hall–Kier alpha value is -1.32. The van der Waals surface area contributed by atoms with E-state index in [-0.39, 0.29) is 17.5 Å². The standard InChI is InChI=1S/C10H15N3O4S2/c1-4-5-19(15,16)7(2)9(14)11-10-13-12-8(18-10)6-17-3/h4,7H,1,5-6H2,2-3H3,(H,11,13,14). The molecule has 0 aliphatic heterocycles. The van der Waals surface area contributed by atoms with Gasteiger partial charge in [-0.1, -0.05) is 17.4 Å². The average Bonchev–Trinajstić information content (AvgIpc) is 2.76. The predicted molar refractivity (Wildman–Crippen MR) is 72.7 cm³/mol. The zero-order valence-electron chi connectivity index (χ0n) is 10.6. The zero-order chi connectivity index (χ0) is 14.5. The minimum absolute atomic E-state index is 0.243. The number of anilines is 1. The van der Waals surface area contributed by atoms with Gasteiger partial charge >= 0.3 is 0 Å². The molecule has 1 unspecified atom stereocenters. The summed E-state index contributed by atoms with van der Waals surface area (Å²) >= 11 is 1.13. The molecule has 0 bridgehead atoms. The minimum atomic E-state index is -3.53. The first-order valence-electron chi connectivity index (χ1n) is 5.35. The van der Waals surface area contributed by atoms with Gasteiger partial charge in [0.05, 0.1) is 5.75 Å². The van der Waals surface area contributed by atoms with Gasteiger partial charge in [-0.2, -0.15) is 0 Å². The summed E-state index contributed by atoms with van der Waals surface area (Å²) in [7, 11) is -2.01. The summed E-state index contributed by atoms with van der Waals surface area (Å²) in [6.45, 7) is 4.96. The maximum atomic E-state index is 11.8. The Kier molecular flexibility index (Phi) is 5.58. The average molecular weight is 305 g/mol. The molecule has 106 valence electrons. The van der Waals surface area contributed by atoms with E-state index in [1.165, 1.54) is 20.1 Å². The van der Waals surface area contributed by atoms with E-state index < -0.39 is 21.0 Å². The van der Waals surface area contributed by atoms with Crippen LogP contribution in [0, 0.1) is 0 Å². The van der Waals surface area contributed by atoms with E-state index in [0.717, 1.165) is 11.3 Å². The molecule has 19 heavy (non-hydrogen) atoms. The molecule has 1 N–H and O–H groups in total. The summed E-state index contributed by atoms with van der Waals surface area (Å²) in [5.41, 5.74) is 0. The van der Waals surface area contributed by atoms with Crippen LogP contribution >= 0.6 is 11.3 Å². The van der Waals surface area contributed by atoms with Gasteiger partial charge in [0.2, 0.25) is 11.0 Å². The summed E-state index contributed by atoms with van der Waals surface area (Å²) in [5.74, 6) is -0.880. The van der Waals surface area contributed by atoms with Gasteiger partial charge in [0.25, 0.3) is 0 Å². The number of hydrogen-bond acceptors (Lipinski definition) is 7. The number of rotatable bonds is 7. The van der Waals surface area contributed by atoms with Gasteiger partial charge in [0, 0.05) is 7.11 Å². The first-order valence-corrected chi connectivity index (χ1v) is 7.88. The monoisotopic (exact) mass is 305 g/mol. The molecule has 0 saturated carbocycles. The van der Waals surface area contributed by atoms with Crippen molar-refractivity contribution >= 4 is 32.2 Å². The fourth-order valence-corrected chi connectivity index (χ4v) is 2.88. The molecule has 0 aliphatic rings. The number of carbonyl (C=O) groups is 1. The molecule has 0 aromatic carbocycles. The SMILES string of the molecule is C=CCS(=O)(=O)C(C)C(=O)Nc1nnc(COC)s1. The van der Waals surface area contributed by atoms with Gasteiger partial charge < -0.3 is 4.74 Å². The summed E-state index contributed by atoms with van der Waals surface area (Å²) in [6, 6.07) is 0. The van der Waals surface area contributed by atoms with Crippen molar-refractivity contribution < 1.29 is 17.9 Å². The molecule has 1 heterocycles. The van der Waals surface area contributed by atoms with E-state index in [4.69, 9.17) is 4.74 Å². The molecule has 9 heteroatoms.